The van der Waals surface area contributed by atoms with E-state index in [-0.39, 0.29) is 6.04 Å². The van der Waals surface area contributed by atoms with Crippen LogP contribution >= 0.6 is 27.7 Å². The standard InChI is InChI=1S/C10H14BrNOS/c1-6(12)7-4-8(11)10(13-2)9(5-7)14-3/h4-6H,12H2,1-3H3. The van der Waals surface area contributed by atoms with E-state index in [2.05, 4.69) is 22.0 Å². The van der Waals surface area contributed by atoms with Gasteiger partial charge in [-0.1, -0.05) is 0 Å². The van der Waals surface area contributed by atoms with Gasteiger partial charge in [0.05, 0.1) is 16.5 Å². The van der Waals surface area contributed by atoms with E-state index in [9.17, 15) is 0 Å². The van der Waals surface area contributed by atoms with E-state index in [1.807, 2.05) is 19.2 Å². The van der Waals surface area contributed by atoms with E-state index < -0.39 is 0 Å². The highest BCUT2D eigenvalue weighted by molar-refractivity contribution is 9.10. The van der Waals surface area contributed by atoms with Crippen LogP contribution in [0.4, 0.5) is 0 Å². The summed E-state index contributed by atoms with van der Waals surface area (Å²) < 4.78 is 6.25. The minimum absolute atomic E-state index is 0.0445. The van der Waals surface area contributed by atoms with Gasteiger partial charge in [0.1, 0.15) is 5.75 Å². The van der Waals surface area contributed by atoms with Gasteiger partial charge >= 0.3 is 0 Å². The topological polar surface area (TPSA) is 35.2 Å². The average Bonchev–Trinajstić information content (AvgIpc) is 2.16. The van der Waals surface area contributed by atoms with Crippen LogP contribution in [0.5, 0.6) is 5.75 Å². The number of benzene rings is 1. The van der Waals surface area contributed by atoms with Crippen molar-refractivity contribution in [3.05, 3.63) is 22.2 Å². The van der Waals surface area contributed by atoms with Crippen LogP contribution in [0, 0.1) is 0 Å². The van der Waals surface area contributed by atoms with Crippen molar-refractivity contribution in [2.75, 3.05) is 13.4 Å². The highest BCUT2D eigenvalue weighted by atomic mass is 79.9. The van der Waals surface area contributed by atoms with Crippen LogP contribution in [0.2, 0.25) is 0 Å². The second kappa shape index (κ2) is 5.05. The Morgan fingerprint density at radius 2 is 2.14 bits per heavy atom. The number of methoxy groups -OCH3 is 1. The Bertz CT molecular complexity index is 328. The molecule has 1 rings (SSSR count). The molecule has 4 heteroatoms. The summed E-state index contributed by atoms with van der Waals surface area (Å²) in [5.41, 5.74) is 6.94. The van der Waals surface area contributed by atoms with Gasteiger partial charge in [-0.2, -0.15) is 0 Å². The molecule has 0 aliphatic heterocycles. The number of halogens is 1. The van der Waals surface area contributed by atoms with Crippen molar-refractivity contribution < 1.29 is 4.74 Å². The van der Waals surface area contributed by atoms with Crippen molar-refractivity contribution in [3.8, 4) is 5.75 Å². The van der Waals surface area contributed by atoms with Gasteiger partial charge in [-0.15, -0.1) is 11.8 Å². The van der Waals surface area contributed by atoms with Gasteiger partial charge in [0.15, 0.2) is 0 Å². The van der Waals surface area contributed by atoms with E-state index in [0.717, 1.165) is 20.7 Å². The molecule has 1 atom stereocenters. The van der Waals surface area contributed by atoms with E-state index in [1.54, 1.807) is 18.9 Å². The van der Waals surface area contributed by atoms with E-state index in [4.69, 9.17) is 10.5 Å². The lowest BCUT2D eigenvalue weighted by Crippen LogP contribution is -2.05. The highest BCUT2D eigenvalue weighted by Gasteiger charge is 2.10. The van der Waals surface area contributed by atoms with Crippen LogP contribution in [-0.4, -0.2) is 13.4 Å². The molecular weight excluding hydrogens is 262 g/mol. The van der Waals surface area contributed by atoms with Gasteiger partial charge in [-0.05, 0) is 46.8 Å². The molecule has 1 aromatic rings. The molecule has 0 aliphatic carbocycles. The molecule has 0 amide bonds. The van der Waals surface area contributed by atoms with E-state index in [0.29, 0.717) is 0 Å². The summed E-state index contributed by atoms with van der Waals surface area (Å²) in [5, 5.41) is 0. The lowest BCUT2D eigenvalue weighted by atomic mass is 10.1. The van der Waals surface area contributed by atoms with Crippen molar-refractivity contribution in [2.24, 2.45) is 5.73 Å². The third-order valence-electron chi connectivity index (χ3n) is 1.98. The summed E-state index contributed by atoms with van der Waals surface area (Å²) in [6.45, 7) is 1.97. The summed E-state index contributed by atoms with van der Waals surface area (Å²) in [6, 6.07) is 4.12. The summed E-state index contributed by atoms with van der Waals surface area (Å²) >= 11 is 5.13. The van der Waals surface area contributed by atoms with Crippen molar-refractivity contribution in [1.82, 2.24) is 0 Å². The van der Waals surface area contributed by atoms with Gasteiger partial charge in [0.25, 0.3) is 0 Å². The maximum Gasteiger partial charge on any atom is 0.146 e. The number of rotatable bonds is 3. The van der Waals surface area contributed by atoms with E-state index in [1.165, 1.54) is 0 Å². The normalized spacial score (nSPS) is 12.6. The summed E-state index contributed by atoms with van der Waals surface area (Å²) in [4.78, 5) is 1.11. The summed E-state index contributed by atoms with van der Waals surface area (Å²) in [6.07, 6.45) is 2.02. The predicted octanol–water partition coefficient (Wildman–Crippen LogP) is 3.20. The molecular formula is C10H14BrNOS. The molecule has 0 radical (unpaired) electrons. The van der Waals surface area contributed by atoms with Crippen molar-refractivity contribution in [3.63, 3.8) is 0 Å². The van der Waals surface area contributed by atoms with Gasteiger partial charge in [0.2, 0.25) is 0 Å². The van der Waals surface area contributed by atoms with E-state index >= 15 is 0 Å². The highest BCUT2D eigenvalue weighted by Crippen LogP contribution is 2.37. The largest absolute Gasteiger partial charge is 0.494 e. The number of hydrogen-bond acceptors (Lipinski definition) is 3. The van der Waals surface area contributed by atoms with Crippen LogP contribution in [0.15, 0.2) is 21.5 Å². The number of thioether (sulfide) groups is 1. The molecule has 0 bridgehead atoms. The summed E-state index contributed by atoms with van der Waals surface area (Å²) in [5.74, 6) is 0.877. The second-order valence-corrected chi connectivity index (χ2v) is 4.73. The van der Waals surface area contributed by atoms with Crippen LogP contribution in [0.3, 0.4) is 0 Å². The predicted molar refractivity (Wildman–Crippen MR) is 65.1 cm³/mol. The Kier molecular flexibility index (Phi) is 4.29. The zero-order chi connectivity index (χ0) is 10.7. The SMILES string of the molecule is COc1c(Br)cc(C(C)N)cc1SC. The average molecular weight is 276 g/mol. The Morgan fingerprint density at radius 3 is 2.57 bits per heavy atom. The van der Waals surface area contributed by atoms with Crippen LogP contribution in [0.25, 0.3) is 0 Å². The molecule has 14 heavy (non-hydrogen) atoms. The van der Waals surface area contributed by atoms with Crippen LogP contribution in [0.1, 0.15) is 18.5 Å². The molecule has 1 aromatic carbocycles. The first-order valence-corrected chi connectivity index (χ1v) is 6.29. The second-order valence-electron chi connectivity index (χ2n) is 3.03. The van der Waals surface area contributed by atoms with Crippen molar-refractivity contribution in [1.29, 1.82) is 0 Å². The van der Waals surface area contributed by atoms with Crippen LogP contribution in [-0.2, 0) is 0 Å². The molecule has 0 spiro atoms. The van der Waals surface area contributed by atoms with Gasteiger partial charge < -0.3 is 10.5 Å². The molecule has 0 fully saturated rings. The maximum absolute atomic E-state index is 5.83. The lowest BCUT2D eigenvalue weighted by Gasteiger charge is -2.13. The maximum atomic E-state index is 5.83. The minimum atomic E-state index is 0.0445. The Morgan fingerprint density at radius 1 is 1.50 bits per heavy atom. The zero-order valence-corrected chi connectivity index (χ0v) is 10.9. The number of hydrogen-bond donors (Lipinski definition) is 1. The monoisotopic (exact) mass is 275 g/mol. The molecule has 78 valence electrons. The molecule has 2 nitrogen and oxygen atoms in total. The van der Waals surface area contributed by atoms with Gasteiger partial charge in [-0.3, -0.25) is 0 Å². The molecule has 0 heterocycles. The van der Waals surface area contributed by atoms with Crippen molar-refractivity contribution >= 4 is 27.7 Å². The Hall–Kier alpha value is -0.190. The fraction of sp³-hybridized carbons (Fsp3) is 0.400. The molecule has 0 aromatic heterocycles. The third kappa shape index (κ3) is 2.43. The molecule has 0 saturated carbocycles. The van der Waals surface area contributed by atoms with Crippen LogP contribution < -0.4 is 10.5 Å². The third-order valence-corrected chi connectivity index (χ3v) is 3.31. The number of nitrogens with two attached hydrogens (primary N) is 1. The Balaban J connectivity index is 3.24. The first-order chi connectivity index (χ1) is 6.60. The molecule has 0 saturated heterocycles. The minimum Gasteiger partial charge on any atom is -0.494 e. The van der Waals surface area contributed by atoms with Gasteiger partial charge in [-0.25, -0.2) is 0 Å². The first-order valence-electron chi connectivity index (χ1n) is 4.27. The zero-order valence-electron chi connectivity index (χ0n) is 8.50. The molecule has 1 unspecified atom stereocenters. The molecule has 2 N–H and O–H groups in total. The Labute approximate surface area is 97.3 Å². The number of ether oxygens (including phenoxy) is 1. The van der Waals surface area contributed by atoms with Crippen molar-refractivity contribution in [2.45, 2.75) is 17.9 Å². The lowest BCUT2D eigenvalue weighted by molar-refractivity contribution is 0.401. The quantitative estimate of drug-likeness (QED) is 0.861. The summed E-state index contributed by atoms with van der Waals surface area (Å²) in [7, 11) is 1.67. The fourth-order valence-corrected chi connectivity index (χ4v) is 2.60. The van der Waals surface area contributed by atoms with Gasteiger partial charge in [0, 0.05) is 6.04 Å². The fourth-order valence-electron chi connectivity index (χ4n) is 1.20. The first kappa shape index (κ1) is 11.9. The smallest absolute Gasteiger partial charge is 0.146 e. The molecule has 0 aliphatic rings.